The zero-order valence-corrected chi connectivity index (χ0v) is 12.6. The van der Waals surface area contributed by atoms with Crippen LogP contribution in [0.25, 0.3) is 34.2 Å². The summed E-state index contributed by atoms with van der Waals surface area (Å²) < 4.78 is 4.25. The fourth-order valence-electron chi connectivity index (χ4n) is 2.84. The zero-order valence-electron chi connectivity index (χ0n) is 12.6. The van der Waals surface area contributed by atoms with E-state index in [1.165, 1.54) is 5.52 Å². The van der Waals surface area contributed by atoms with E-state index in [9.17, 15) is 0 Å². The molecule has 1 N–H and O–H groups in total. The molecular formula is C18H17N4+. The molecule has 0 amide bonds. The van der Waals surface area contributed by atoms with E-state index in [0.29, 0.717) is 0 Å². The molecule has 0 aliphatic carbocycles. The molecule has 0 unspecified atom stereocenters. The fourth-order valence-corrected chi connectivity index (χ4v) is 2.84. The molecule has 108 valence electrons. The van der Waals surface area contributed by atoms with Crippen LogP contribution in [-0.2, 0) is 14.1 Å². The Hall–Kier alpha value is -2.88. The van der Waals surface area contributed by atoms with E-state index in [0.717, 1.165) is 28.2 Å². The van der Waals surface area contributed by atoms with Gasteiger partial charge in [0.25, 0.3) is 5.82 Å². The minimum atomic E-state index is 0.944. The summed E-state index contributed by atoms with van der Waals surface area (Å²) in [5.41, 5.74) is 4.48. The molecule has 2 heterocycles. The van der Waals surface area contributed by atoms with Gasteiger partial charge in [-0.1, -0.05) is 24.3 Å². The molecule has 4 nitrogen and oxygen atoms in total. The van der Waals surface area contributed by atoms with Gasteiger partial charge in [-0.2, -0.15) is 0 Å². The molecule has 0 bridgehead atoms. The van der Waals surface area contributed by atoms with Gasteiger partial charge in [0.05, 0.1) is 18.1 Å². The molecule has 2 aromatic carbocycles. The molecule has 0 radical (unpaired) electrons. The number of nitrogens with zero attached hydrogens (tertiary/aromatic N) is 3. The van der Waals surface area contributed by atoms with Crippen LogP contribution in [0.15, 0.2) is 48.5 Å². The number of benzene rings is 2. The Balaban J connectivity index is 1.79. The Morgan fingerprint density at radius 3 is 2.64 bits per heavy atom. The van der Waals surface area contributed by atoms with Crippen LogP contribution in [0.1, 0.15) is 11.6 Å². The number of H-pyrrole nitrogens is 1. The summed E-state index contributed by atoms with van der Waals surface area (Å²) >= 11 is 0. The highest BCUT2D eigenvalue weighted by Crippen LogP contribution is 2.16. The molecule has 4 heteroatoms. The number of hydrogen-bond acceptors (Lipinski definition) is 1. The first-order valence-corrected chi connectivity index (χ1v) is 7.30. The smallest absolute Gasteiger partial charge is 0.280 e. The van der Waals surface area contributed by atoms with Gasteiger partial charge in [-0.05, 0) is 30.3 Å². The van der Waals surface area contributed by atoms with Crippen molar-refractivity contribution >= 4 is 34.2 Å². The Morgan fingerprint density at radius 1 is 1.05 bits per heavy atom. The van der Waals surface area contributed by atoms with Crippen molar-refractivity contribution in [3.05, 3.63) is 60.2 Å². The van der Waals surface area contributed by atoms with E-state index in [2.05, 4.69) is 56.5 Å². The molecule has 4 aromatic rings. The molecule has 0 fully saturated rings. The third-order valence-corrected chi connectivity index (χ3v) is 4.10. The number of nitrogens with one attached hydrogen (secondary N) is 1. The van der Waals surface area contributed by atoms with Crippen LogP contribution in [0.2, 0.25) is 0 Å². The molecule has 0 aliphatic heterocycles. The predicted octanol–water partition coefficient (Wildman–Crippen LogP) is 3.05. The van der Waals surface area contributed by atoms with Crippen molar-refractivity contribution in [2.24, 2.45) is 14.1 Å². The highest BCUT2D eigenvalue weighted by Gasteiger charge is 2.12. The summed E-state index contributed by atoms with van der Waals surface area (Å²) in [5, 5.41) is 0. The highest BCUT2D eigenvalue weighted by atomic mass is 15.1. The number of fused-ring (bicyclic) bond motifs is 2. The molecular weight excluding hydrogens is 272 g/mol. The maximum Gasteiger partial charge on any atom is 0.280 e. The first kappa shape index (κ1) is 12.8. The Bertz CT molecular complexity index is 922. The topological polar surface area (TPSA) is 37.5 Å². The summed E-state index contributed by atoms with van der Waals surface area (Å²) in [4.78, 5) is 8.09. The van der Waals surface area contributed by atoms with Crippen LogP contribution >= 0.6 is 0 Å². The third-order valence-electron chi connectivity index (χ3n) is 4.10. The Kier molecular flexibility index (Phi) is 2.82. The van der Waals surface area contributed by atoms with Gasteiger partial charge in [-0.15, -0.1) is 0 Å². The van der Waals surface area contributed by atoms with Crippen molar-refractivity contribution in [3.8, 4) is 0 Å². The number of aryl methyl sites for hydroxylation is 2. The van der Waals surface area contributed by atoms with Gasteiger partial charge < -0.3 is 4.57 Å². The van der Waals surface area contributed by atoms with Crippen molar-refractivity contribution < 1.29 is 4.57 Å². The summed E-state index contributed by atoms with van der Waals surface area (Å²) in [6.07, 6.45) is 4.12. The molecule has 2 aromatic heterocycles. The molecule has 4 rings (SSSR count). The lowest BCUT2D eigenvalue weighted by molar-refractivity contribution is -0.646. The first-order valence-electron chi connectivity index (χ1n) is 7.30. The lowest BCUT2D eigenvalue weighted by Gasteiger charge is -1.95. The Morgan fingerprint density at radius 2 is 1.82 bits per heavy atom. The molecule has 0 spiro atoms. The van der Waals surface area contributed by atoms with Crippen LogP contribution in [-0.4, -0.2) is 14.5 Å². The van der Waals surface area contributed by atoms with Crippen molar-refractivity contribution in [3.63, 3.8) is 0 Å². The van der Waals surface area contributed by atoms with Crippen molar-refractivity contribution in [1.29, 1.82) is 0 Å². The summed E-state index contributed by atoms with van der Waals surface area (Å²) in [5.74, 6) is 1.99. The lowest BCUT2D eigenvalue weighted by Crippen LogP contribution is -2.29. The van der Waals surface area contributed by atoms with Crippen molar-refractivity contribution in [1.82, 2.24) is 14.5 Å². The number of imidazole rings is 2. The minimum absolute atomic E-state index is 0.944. The monoisotopic (exact) mass is 289 g/mol. The van der Waals surface area contributed by atoms with E-state index in [4.69, 9.17) is 0 Å². The molecule has 0 aliphatic rings. The largest absolute Gasteiger partial charge is 0.328 e. The van der Waals surface area contributed by atoms with Crippen molar-refractivity contribution in [2.75, 3.05) is 0 Å². The number of rotatable bonds is 2. The van der Waals surface area contributed by atoms with Gasteiger partial charge in [0.15, 0.2) is 11.0 Å². The number of para-hydroxylation sites is 4. The van der Waals surface area contributed by atoms with E-state index in [1.54, 1.807) is 0 Å². The standard InChI is InChI=1S/C18H16N4/c1-21-15-9-5-3-7-13(15)19-17(21)11-12-18-20-14-8-4-6-10-16(14)22(18)2/h3-12H,1-2H3/p+1. The zero-order chi connectivity index (χ0) is 15.1. The van der Waals surface area contributed by atoms with Gasteiger partial charge >= 0.3 is 0 Å². The number of aromatic amines is 1. The van der Waals surface area contributed by atoms with Gasteiger partial charge in [-0.25, -0.2) is 14.5 Å². The Labute approximate surface area is 128 Å². The summed E-state index contributed by atoms with van der Waals surface area (Å²) in [7, 11) is 4.10. The van der Waals surface area contributed by atoms with Gasteiger partial charge in [0.2, 0.25) is 0 Å². The summed E-state index contributed by atoms with van der Waals surface area (Å²) in [6, 6.07) is 16.5. The molecule has 0 saturated heterocycles. The first-order chi connectivity index (χ1) is 10.7. The number of hydrogen-bond donors (Lipinski definition) is 1. The van der Waals surface area contributed by atoms with Crippen LogP contribution in [0, 0.1) is 0 Å². The second-order valence-electron chi connectivity index (χ2n) is 5.44. The van der Waals surface area contributed by atoms with Crippen LogP contribution in [0.3, 0.4) is 0 Å². The SMILES string of the molecule is Cn1c(C=Cc2[nH]c3ccccc3[n+]2C)nc2ccccc21. The number of aromatic nitrogens is 4. The third kappa shape index (κ3) is 1.92. The van der Waals surface area contributed by atoms with Gasteiger partial charge in [-0.3, -0.25) is 0 Å². The van der Waals surface area contributed by atoms with E-state index < -0.39 is 0 Å². The second-order valence-corrected chi connectivity index (χ2v) is 5.44. The average molecular weight is 289 g/mol. The van der Waals surface area contributed by atoms with Crippen LogP contribution in [0.4, 0.5) is 0 Å². The van der Waals surface area contributed by atoms with Gasteiger partial charge in [0.1, 0.15) is 5.82 Å². The maximum atomic E-state index is 4.66. The second kappa shape index (κ2) is 4.84. The lowest BCUT2D eigenvalue weighted by atomic mass is 10.3. The molecule has 22 heavy (non-hydrogen) atoms. The van der Waals surface area contributed by atoms with Gasteiger partial charge in [0, 0.05) is 13.1 Å². The maximum absolute atomic E-state index is 4.66. The summed E-state index contributed by atoms with van der Waals surface area (Å²) in [6.45, 7) is 0. The highest BCUT2D eigenvalue weighted by molar-refractivity contribution is 5.79. The average Bonchev–Trinajstić information content (AvgIpc) is 3.04. The van der Waals surface area contributed by atoms with Crippen LogP contribution in [0.5, 0.6) is 0 Å². The van der Waals surface area contributed by atoms with Crippen LogP contribution < -0.4 is 4.57 Å². The molecule has 0 saturated carbocycles. The van der Waals surface area contributed by atoms with Crippen molar-refractivity contribution in [2.45, 2.75) is 0 Å². The fraction of sp³-hybridized carbons (Fsp3) is 0.111. The van der Waals surface area contributed by atoms with E-state index in [1.807, 2.05) is 37.4 Å². The van der Waals surface area contributed by atoms with E-state index >= 15 is 0 Å². The minimum Gasteiger partial charge on any atom is -0.328 e. The molecule has 0 atom stereocenters. The normalized spacial score (nSPS) is 11.9. The quantitative estimate of drug-likeness (QED) is 0.566. The predicted molar refractivity (Wildman–Crippen MR) is 89.1 cm³/mol. The van der Waals surface area contributed by atoms with E-state index in [-0.39, 0.29) is 0 Å².